The summed E-state index contributed by atoms with van der Waals surface area (Å²) in [7, 11) is 0. The molecule has 142 valence electrons. The lowest BCUT2D eigenvalue weighted by Crippen LogP contribution is -2.49. The molecule has 2 unspecified atom stereocenters. The second-order valence-corrected chi connectivity index (χ2v) is 6.95. The second kappa shape index (κ2) is 6.60. The molecule has 2 heterocycles. The maximum atomic E-state index is 15.0. The minimum absolute atomic E-state index is 0.124. The molecule has 3 aromatic rings. The van der Waals surface area contributed by atoms with Crippen LogP contribution in [0.2, 0.25) is 0 Å². The number of amides is 2. The van der Waals surface area contributed by atoms with E-state index in [9.17, 15) is 9.59 Å². The number of hydrogen-bond acceptors (Lipinski definition) is 4. The summed E-state index contributed by atoms with van der Waals surface area (Å²) in [6.07, 6.45) is 0.265. The Balaban J connectivity index is 1.75. The average molecular weight is 379 g/mol. The lowest BCUT2D eigenvalue weighted by Gasteiger charge is -2.31. The molecule has 7 heteroatoms. The summed E-state index contributed by atoms with van der Waals surface area (Å²) in [5.74, 6) is -1.19. The normalized spacial score (nSPS) is 18.4. The molecular formula is C21H18FN3O3. The predicted molar refractivity (Wildman–Crippen MR) is 102 cm³/mol. The van der Waals surface area contributed by atoms with Gasteiger partial charge in [0.1, 0.15) is 17.3 Å². The highest BCUT2D eigenvalue weighted by molar-refractivity contribution is 5.89. The molecule has 1 fully saturated rings. The van der Waals surface area contributed by atoms with Crippen molar-refractivity contribution in [1.29, 1.82) is 0 Å². The molecule has 6 nitrogen and oxygen atoms in total. The number of carbonyl (C=O) groups excluding carboxylic acids is 2. The first kappa shape index (κ1) is 17.9. The third kappa shape index (κ3) is 2.85. The molecular weight excluding hydrogens is 361 g/mol. The zero-order valence-corrected chi connectivity index (χ0v) is 15.1. The van der Waals surface area contributed by atoms with Crippen LogP contribution >= 0.6 is 0 Å². The van der Waals surface area contributed by atoms with Gasteiger partial charge in [-0.15, -0.1) is 0 Å². The zero-order valence-electron chi connectivity index (χ0n) is 15.1. The van der Waals surface area contributed by atoms with E-state index in [2.05, 4.69) is 10.3 Å². The number of halogens is 1. The molecule has 1 saturated heterocycles. The number of fused-ring (bicyclic) bond motifs is 1. The van der Waals surface area contributed by atoms with E-state index in [1.807, 2.05) is 24.3 Å². The lowest BCUT2D eigenvalue weighted by molar-refractivity contribution is -0.126. The minimum atomic E-state index is -1.36. The van der Waals surface area contributed by atoms with Gasteiger partial charge in [0.15, 0.2) is 0 Å². The summed E-state index contributed by atoms with van der Waals surface area (Å²) in [4.78, 5) is 27.9. The van der Waals surface area contributed by atoms with Crippen molar-refractivity contribution < 1.29 is 18.7 Å². The largest absolute Gasteiger partial charge is 0.443 e. The molecule has 2 amide bonds. The summed E-state index contributed by atoms with van der Waals surface area (Å²) in [5, 5.41) is 3.40. The summed E-state index contributed by atoms with van der Waals surface area (Å²) in [5.41, 5.74) is 6.50. The van der Waals surface area contributed by atoms with E-state index in [0.717, 1.165) is 10.9 Å². The SMILES string of the molecule is CC(C(N)=O)(c1ccc(-c2ccc3ncccc3c2)c(F)c1)C1CNC(=O)O1. The Morgan fingerprint density at radius 2 is 2.11 bits per heavy atom. The molecule has 0 spiro atoms. The number of nitrogens with two attached hydrogens (primary N) is 1. The number of pyridine rings is 1. The molecule has 0 radical (unpaired) electrons. The summed E-state index contributed by atoms with van der Waals surface area (Å²) in [6, 6.07) is 13.7. The van der Waals surface area contributed by atoms with E-state index in [1.54, 1.807) is 31.3 Å². The van der Waals surface area contributed by atoms with Crippen LogP contribution in [0.15, 0.2) is 54.7 Å². The van der Waals surface area contributed by atoms with E-state index in [0.29, 0.717) is 16.7 Å². The number of aromatic nitrogens is 1. The van der Waals surface area contributed by atoms with Gasteiger partial charge >= 0.3 is 6.09 Å². The number of nitrogens with one attached hydrogen (secondary N) is 1. The Hall–Kier alpha value is -3.48. The molecule has 0 aliphatic carbocycles. The maximum absolute atomic E-state index is 15.0. The zero-order chi connectivity index (χ0) is 19.9. The van der Waals surface area contributed by atoms with Crippen molar-refractivity contribution in [3.63, 3.8) is 0 Å². The van der Waals surface area contributed by atoms with Crippen LogP contribution in [0.3, 0.4) is 0 Å². The maximum Gasteiger partial charge on any atom is 0.407 e. The van der Waals surface area contributed by atoms with Crippen molar-refractivity contribution in [1.82, 2.24) is 10.3 Å². The number of alkyl carbamates (subject to hydrolysis) is 1. The molecule has 28 heavy (non-hydrogen) atoms. The first-order chi connectivity index (χ1) is 13.4. The highest BCUT2D eigenvalue weighted by Crippen LogP contribution is 2.34. The Morgan fingerprint density at radius 1 is 1.29 bits per heavy atom. The molecule has 1 aliphatic heterocycles. The smallest absolute Gasteiger partial charge is 0.407 e. The summed E-state index contributed by atoms with van der Waals surface area (Å²) in [6.45, 7) is 1.68. The van der Waals surface area contributed by atoms with Gasteiger partial charge in [0.2, 0.25) is 5.91 Å². The van der Waals surface area contributed by atoms with Crippen LogP contribution in [-0.2, 0) is 14.9 Å². The van der Waals surface area contributed by atoms with Gasteiger partial charge in [-0.3, -0.25) is 9.78 Å². The first-order valence-corrected chi connectivity index (χ1v) is 8.79. The van der Waals surface area contributed by atoms with Crippen LogP contribution in [0.4, 0.5) is 9.18 Å². The summed E-state index contributed by atoms with van der Waals surface area (Å²) >= 11 is 0. The Morgan fingerprint density at radius 3 is 2.79 bits per heavy atom. The molecule has 3 N–H and O–H groups in total. The third-order valence-electron chi connectivity index (χ3n) is 5.32. The monoisotopic (exact) mass is 379 g/mol. The third-order valence-corrected chi connectivity index (χ3v) is 5.32. The quantitative estimate of drug-likeness (QED) is 0.729. The van der Waals surface area contributed by atoms with E-state index in [-0.39, 0.29) is 6.54 Å². The van der Waals surface area contributed by atoms with Crippen molar-refractivity contribution in [2.45, 2.75) is 18.4 Å². The number of primary amides is 1. The number of carbonyl (C=O) groups is 2. The minimum Gasteiger partial charge on any atom is -0.443 e. The van der Waals surface area contributed by atoms with Crippen molar-refractivity contribution in [2.75, 3.05) is 6.54 Å². The Labute approximate surface area is 160 Å². The summed E-state index contributed by atoms with van der Waals surface area (Å²) < 4.78 is 20.2. The Bertz CT molecular complexity index is 1100. The van der Waals surface area contributed by atoms with Gasteiger partial charge in [0.05, 0.1) is 12.1 Å². The van der Waals surface area contributed by atoms with Crippen LogP contribution in [0, 0.1) is 5.82 Å². The fraction of sp³-hybridized carbons (Fsp3) is 0.190. The van der Waals surface area contributed by atoms with E-state index in [4.69, 9.17) is 10.5 Å². The van der Waals surface area contributed by atoms with Crippen molar-refractivity contribution >= 4 is 22.9 Å². The van der Waals surface area contributed by atoms with Gasteiger partial charge in [0, 0.05) is 17.1 Å². The molecule has 1 aromatic heterocycles. The average Bonchev–Trinajstić information content (AvgIpc) is 3.13. The molecule has 4 rings (SSSR count). The molecule has 0 saturated carbocycles. The first-order valence-electron chi connectivity index (χ1n) is 8.79. The second-order valence-electron chi connectivity index (χ2n) is 6.95. The van der Waals surface area contributed by atoms with Gasteiger partial charge < -0.3 is 15.8 Å². The highest BCUT2D eigenvalue weighted by atomic mass is 19.1. The topological polar surface area (TPSA) is 94.3 Å². The number of benzene rings is 2. The molecule has 1 aliphatic rings. The van der Waals surface area contributed by atoms with Crippen LogP contribution < -0.4 is 11.1 Å². The predicted octanol–water partition coefficient (Wildman–Crippen LogP) is 2.89. The van der Waals surface area contributed by atoms with Crippen LogP contribution in [0.1, 0.15) is 12.5 Å². The highest BCUT2D eigenvalue weighted by Gasteiger charge is 2.47. The standard InChI is InChI=1S/C21H18FN3O3/c1-21(19(23)26,18-11-25-20(27)28-18)14-5-6-15(16(22)10-14)12-4-7-17-13(9-12)3-2-8-24-17/h2-10,18H,11H2,1H3,(H2,23,26)(H,25,27). The van der Waals surface area contributed by atoms with E-state index in [1.165, 1.54) is 6.07 Å². The van der Waals surface area contributed by atoms with Gasteiger partial charge in [-0.25, -0.2) is 9.18 Å². The van der Waals surface area contributed by atoms with Gasteiger partial charge in [-0.2, -0.15) is 0 Å². The Kier molecular flexibility index (Phi) is 4.22. The van der Waals surface area contributed by atoms with Crippen LogP contribution in [0.5, 0.6) is 0 Å². The van der Waals surface area contributed by atoms with E-state index < -0.39 is 29.3 Å². The van der Waals surface area contributed by atoms with Crippen LogP contribution in [0.25, 0.3) is 22.0 Å². The van der Waals surface area contributed by atoms with Crippen molar-refractivity contribution in [2.24, 2.45) is 5.73 Å². The number of cyclic esters (lactones) is 1. The number of rotatable bonds is 4. The number of nitrogens with zero attached hydrogens (tertiary/aromatic N) is 1. The van der Waals surface area contributed by atoms with Crippen molar-refractivity contribution in [3.8, 4) is 11.1 Å². The lowest BCUT2D eigenvalue weighted by atomic mass is 9.76. The van der Waals surface area contributed by atoms with Gasteiger partial charge in [-0.1, -0.05) is 24.3 Å². The number of ether oxygens (including phenoxy) is 1. The van der Waals surface area contributed by atoms with Gasteiger partial charge in [0.25, 0.3) is 0 Å². The van der Waals surface area contributed by atoms with E-state index >= 15 is 4.39 Å². The fourth-order valence-electron chi connectivity index (χ4n) is 3.51. The van der Waals surface area contributed by atoms with Crippen LogP contribution in [-0.4, -0.2) is 29.6 Å². The number of hydrogen-bond donors (Lipinski definition) is 2. The van der Waals surface area contributed by atoms with Gasteiger partial charge in [-0.05, 0) is 42.3 Å². The van der Waals surface area contributed by atoms with Crippen molar-refractivity contribution in [3.05, 3.63) is 66.1 Å². The molecule has 2 atom stereocenters. The molecule has 0 bridgehead atoms. The fourth-order valence-corrected chi connectivity index (χ4v) is 3.51. The molecule has 2 aromatic carbocycles.